The quantitative estimate of drug-likeness (QED) is 0.118. The van der Waals surface area contributed by atoms with Gasteiger partial charge in [-0.25, -0.2) is 0 Å². The van der Waals surface area contributed by atoms with Crippen LogP contribution in [0.5, 0.6) is 0 Å². The number of Topliss-reactive ketones (excluding diaryl/α,β-unsaturated/α-hetero) is 1. The summed E-state index contributed by atoms with van der Waals surface area (Å²) < 4.78 is 0. The van der Waals surface area contributed by atoms with Gasteiger partial charge in [0.25, 0.3) is 0 Å². The summed E-state index contributed by atoms with van der Waals surface area (Å²) >= 11 is 0. The van der Waals surface area contributed by atoms with E-state index < -0.39 is 24.4 Å². The Balaban J connectivity index is 5.39. The highest BCUT2D eigenvalue weighted by molar-refractivity contribution is 5.94. The summed E-state index contributed by atoms with van der Waals surface area (Å²) in [6, 6.07) is 0. The number of carbonyl (C=O) groups excluding carboxylic acids is 1. The van der Waals surface area contributed by atoms with Crippen molar-refractivity contribution in [3.63, 3.8) is 0 Å². The molecule has 0 heterocycles. The number of allylic oxidation sites excluding steroid dienone is 1. The first-order valence-corrected chi connectivity index (χ1v) is 15.0. The largest absolute Gasteiger partial charge is 0.392 e. The third-order valence-corrected chi connectivity index (χ3v) is 8.34. The molecule has 0 aromatic carbocycles. The number of hydrogen-bond acceptors (Lipinski definition) is 5. The van der Waals surface area contributed by atoms with E-state index in [1.807, 2.05) is 79.7 Å². The molecule has 5 heteroatoms. The number of aliphatic hydroxyl groups is 4. The molecule has 0 amide bonds. The first kappa shape index (κ1) is 37.5. The fraction of sp³-hybridized carbons (Fsp3) is 0.735. The van der Waals surface area contributed by atoms with Crippen molar-refractivity contribution in [2.75, 3.05) is 0 Å². The van der Waals surface area contributed by atoms with Gasteiger partial charge in [-0.15, -0.1) is 0 Å². The fourth-order valence-electron chi connectivity index (χ4n) is 5.38. The molecule has 0 saturated heterocycles. The monoisotopic (exact) mass is 548 g/mol. The molecule has 0 radical (unpaired) electrons. The second-order valence-corrected chi connectivity index (χ2v) is 12.3. The number of hydrogen-bond donors (Lipinski definition) is 4. The summed E-state index contributed by atoms with van der Waals surface area (Å²) in [6.07, 6.45) is 7.39. The third kappa shape index (κ3) is 12.7. The molecule has 0 aliphatic carbocycles. The van der Waals surface area contributed by atoms with E-state index in [0.717, 1.165) is 29.6 Å². The predicted octanol–water partition coefficient (Wildman–Crippen LogP) is 6.81. The molecule has 5 nitrogen and oxygen atoms in total. The van der Waals surface area contributed by atoms with Crippen molar-refractivity contribution < 1.29 is 25.2 Å². The molecule has 0 aliphatic heterocycles. The highest BCUT2D eigenvalue weighted by Gasteiger charge is 2.24. The van der Waals surface area contributed by atoms with Gasteiger partial charge in [0.2, 0.25) is 0 Å². The van der Waals surface area contributed by atoms with Crippen molar-refractivity contribution in [2.45, 2.75) is 127 Å². The lowest BCUT2D eigenvalue weighted by Gasteiger charge is -2.27. The number of rotatable bonds is 17. The SMILES string of the molecule is CCC(=O)C(C)=CC(C)C(O)C(C)=CC(C)C(O)C(C)=CC(C)C(O)C(C)=CC(C)C(O)C(C)CC(C)CC. The number of carbonyl (C=O) groups is 1. The van der Waals surface area contributed by atoms with Crippen LogP contribution in [0.25, 0.3) is 0 Å². The van der Waals surface area contributed by atoms with E-state index in [1.165, 1.54) is 0 Å². The maximum Gasteiger partial charge on any atom is 0.157 e. The summed E-state index contributed by atoms with van der Waals surface area (Å²) in [5.41, 5.74) is 2.98. The van der Waals surface area contributed by atoms with Gasteiger partial charge in [-0.2, -0.15) is 0 Å². The zero-order chi connectivity index (χ0) is 30.6. The minimum absolute atomic E-state index is 0.0674. The molecule has 4 N–H and O–H groups in total. The average Bonchev–Trinajstić information content (AvgIpc) is 2.89. The van der Waals surface area contributed by atoms with E-state index in [2.05, 4.69) is 20.8 Å². The Kier molecular flexibility index (Phi) is 17.3. The van der Waals surface area contributed by atoms with Crippen LogP contribution in [0.3, 0.4) is 0 Å². The lowest BCUT2D eigenvalue weighted by molar-refractivity contribution is -0.115. The summed E-state index contributed by atoms with van der Waals surface area (Å²) in [5, 5.41) is 43.5. The maximum absolute atomic E-state index is 11.9. The van der Waals surface area contributed by atoms with E-state index >= 15 is 0 Å². The van der Waals surface area contributed by atoms with Crippen LogP contribution in [0.4, 0.5) is 0 Å². The van der Waals surface area contributed by atoms with Crippen molar-refractivity contribution in [2.24, 2.45) is 35.5 Å². The van der Waals surface area contributed by atoms with Gasteiger partial charge >= 0.3 is 0 Å². The van der Waals surface area contributed by atoms with Crippen LogP contribution < -0.4 is 0 Å². The first-order valence-electron chi connectivity index (χ1n) is 15.0. The van der Waals surface area contributed by atoms with Crippen molar-refractivity contribution in [1.29, 1.82) is 0 Å². The van der Waals surface area contributed by atoms with Crippen LogP contribution in [0, 0.1) is 35.5 Å². The molecule has 0 aliphatic rings. The van der Waals surface area contributed by atoms with E-state index in [0.29, 0.717) is 17.9 Å². The molecule has 0 rings (SSSR count). The Morgan fingerprint density at radius 3 is 1.33 bits per heavy atom. The molecule has 0 bridgehead atoms. The maximum atomic E-state index is 11.9. The Labute approximate surface area is 239 Å². The predicted molar refractivity (Wildman–Crippen MR) is 164 cm³/mol. The molecular formula is C34H60O5. The molecular weight excluding hydrogens is 488 g/mol. The molecule has 0 fully saturated rings. The molecule has 0 saturated carbocycles. The van der Waals surface area contributed by atoms with Gasteiger partial charge in [-0.3, -0.25) is 4.79 Å². The highest BCUT2D eigenvalue weighted by atomic mass is 16.3. The minimum Gasteiger partial charge on any atom is -0.392 e. The molecule has 0 aromatic heterocycles. The zero-order valence-corrected chi connectivity index (χ0v) is 26.9. The van der Waals surface area contributed by atoms with Crippen molar-refractivity contribution in [1.82, 2.24) is 0 Å². The number of ketones is 1. The van der Waals surface area contributed by atoms with Gasteiger partial charge in [-0.1, -0.05) is 86.1 Å². The van der Waals surface area contributed by atoms with Gasteiger partial charge in [0.05, 0.1) is 24.4 Å². The summed E-state index contributed by atoms with van der Waals surface area (Å²) in [6.45, 7) is 23.4. The lowest BCUT2D eigenvalue weighted by Crippen LogP contribution is -2.27. The van der Waals surface area contributed by atoms with Crippen LogP contribution in [-0.4, -0.2) is 50.6 Å². The van der Waals surface area contributed by atoms with Crippen LogP contribution in [0.15, 0.2) is 46.6 Å². The van der Waals surface area contributed by atoms with Crippen molar-refractivity contribution in [3.8, 4) is 0 Å². The second kappa shape index (κ2) is 18.0. The number of aliphatic hydroxyl groups excluding tert-OH is 4. The molecule has 10 unspecified atom stereocenters. The summed E-state index contributed by atoms with van der Waals surface area (Å²) in [7, 11) is 0. The van der Waals surface area contributed by atoms with Crippen LogP contribution in [0.2, 0.25) is 0 Å². The second-order valence-electron chi connectivity index (χ2n) is 12.3. The summed E-state index contributed by atoms with van der Waals surface area (Å²) in [5.74, 6) is 0.0808. The van der Waals surface area contributed by atoms with E-state index in [9.17, 15) is 25.2 Å². The fourth-order valence-corrected chi connectivity index (χ4v) is 5.38. The third-order valence-electron chi connectivity index (χ3n) is 8.34. The normalized spacial score (nSPS) is 21.8. The Bertz CT molecular complexity index is 867. The Morgan fingerprint density at radius 1 is 0.615 bits per heavy atom. The molecule has 39 heavy (non-hydrogen) atoms. The van der Waals surface area contributed by atoms with Gasteiger partial charge in [0.1, 0.15) is 0 Å². The Hall–Kier alpha value is -1.53. The van der Waals surface area contributed by atoms with Gasteiger partial charge in [0.15, 0.2) is 5.78 Å². The van der Waals surface area contributed by atoms with E-state index in [1.54, 1.807) is 6.92 Å². The van der Waals surface area contributed by atoms with Gasteiger partial charge in [0, 0.05) is 30.1 Å². The van der Waals surface area contributed by atoms with Crippen LogP contribution in [-0.2, 0) is 4.79 Å². The summed E-state index contributed by atoms with van der Waals surface area (Å²) in [4.78, 5) is 11.9. The van der Waals surface area contributed by atoms with E-state index in [4.69, 9.17) is 0 Å². The minimum atomic E-state index is -0.762. The smallest absolute Gasteiger partial charge is 0.157 e. The molecule has 0 aromatic rings. The first-order chi connectivity index (χ1) is 18.0. The van der Waals surface area contributed by atoms with Crippen LogP contribution >= 0.6 is 0 Å². The average molecular weight is 549 g/mol. The van der Waals surface area contributed by atoms with Gasteiger partial charge in [-0.05, 0) is 68.2 Å². The van der Waals surface area contributed by atoms with Crippen molar-refractivity contribution in [3.05, 3.63) is 46.6 Å². The topological polar surface area (TPSA) is 98.0 Å². The highest BCUT2D eigenvalue weighted by Crippen LogP contribution is 2.26. The van der Waals surface area contributed by atoms with Crippen LogP contribution in [0.1, 0.15) is 102 Å². The molecule has 0 spiro atoms. The molecule has 10 atom stereocenters. The Morgan fingerprint density at radius 2 is 0.974 bits per heavy atom. The lowest BCUT2D eigenvalue weighted by atomic mass is 9.84. The molecule has 226 valence electrons. The van der Waals surface area contributed by atoms with E-state index in [-0.39, 0.29) is 35.4 Å². The zero-order valence-electron chi connectivity index (χ0n) is 26.9. The van der Waals surface area contributed by atoms with Gasteiger partial charge < -0.3 is 20.4 Å². The standard InChI is InChI=1S/C34H60O5/c1-13-20(3)15-22(5)31(36)24(7)17-26(9)33(38)28(11)19-29(12)34(39)27(10)18-25(8)32(37)23(6)16-21(4)30(35)14-2/h16-20,22-24,27-28,31-34,36-39H,13-15H2,1-12H3. The van der Waals surface area contributed by atoms with Crippen molar-refractivity contribution >= 4 is 5.78 Å².